The van der Waals surface area contributed by atoms with Crippen molar-refractivity contribution >= 4 is 7.82 Å². The van der Waals surface area contributed by atoms with E-state index >= 15 is 0 Å². The highest BCUT2D eigenvalue weighted by Gasteiger charge is 2.50. The molecule has 1 aliphatic heterocycles. The normalized spacial score (nSPS) is 34.2. The minimum atomic E-state index is -3.89. The van der Waals surface area contributed by atoms with E-state index in [1.54, 1.807) is 13.8 Å². The maximum absolute atomic E-state index is 11.3. The molecule has 1 fully saturated rings. The van der Waals surface area contributed by atoms with Gasteiger partial charge in [0, 0.05) is 0 Å². The Balaban J connectivity index is 2.35. The van der Waals surface area contributed by atoms with Crippen LogP contribution in [-0.2, 0) is 13.6 Å². The molecular formula is C10H13O4P. The van der Waals surface area contributed by atoms with Crippen molar-refractivity contribution in [3.8, 4) is 0 Å². The predicted octanol–water partition coefficient (Wildman–Crippen LogP) is 2.65. The molecule has 4 nitrogen and oxygen atoms in total. The molecule has 82 valence electrons. The highest BCUT2D eigenvalue weighted by molar-refractivity contribution is 7.47. The van der Waals surface area contributed by atoms with Crippen LogP contribution >= 0.6 is 7.82 Å². The lowest BCUT2D eigenvalue weighted by Gasteiger charge is -2.22. The number of benzene rings is 1. The molecule has 2 rings (SSSR count). The minimum Gasteiger partial charge on any atom is -0.302 e. The number of hydrogen-bond donors (Lipinski definition) is 1. The average Bonchev–Trinajstić information content (AvgIpc) is 2.36. The van der Waals surface area contributed by atoms with Gasteiger partial charge in [0.05, 0.1) is 0 Å². The van der Waals surface area contributed by atoms with E-state index in [9.17, 15) is 9.46 Å². The molecule has 2 atom stereocenters. The topological polar surface area (TPSA) is 55.8 Å². The monoisotopic (exact) mass is 228 g/mol. The summed E-state index contributed by atoms with van der Waals surface area (Å²) in [6.07, 6.45) is -0.505. The first kappa shape index (κ1) is 10.8. The molecule has 1 N–H and O–H groups in total. The summed E-state index contributed by atoms with van der Waals surface area (Å²) in [6, 6.07) is 9.29. The second-order valence-corrected chi connectivity index (χ2v) is 5.39. The minimum absolute atomic E-state index is 0.505. The van der Waals surface area contributed by atoms with Crippen LogP contribution in [0.25, 0.3) is 0 Å². The molecule has 1 heterocycles. The SMILES string of the molecule is CC1(C)OP(=O)(O)OC1c1ccccc1. The van der Waals surface area contributed by atoms with Crippen LogP contribution in [0, 0.1) is 0 Å². The van der Waals surface area contributed by atoms with E-state index in [1.165, 1.54) is 0 Å². The van der Waals surface area contributed by atoms with Crippen LogP contribution < -0.4 is 0 Å². The zero-order valence-electron chi connectivity index (χ0n) is 8.58. The number of rotatable bonds is 1. The van der Waals surface area contributed by atoms with E-state index < -0.39 is 19.5 Å². The summed E-state index contributed by atoms with van der Waals surface area (Å²) in [5.74, 6) is 0. The summed E-state index contributed by atoms with van der Waals surface area (Å²) in [4.78, 5) is 9.27. The van der Waals surface area contributed by atoms with Crippen LogP contribution in [0.15, 0.2) is 30.3 Å². The van der Waals surface area contributed by atoms with Crippen LogP contribution in [0.5, 0.6) is 0 Å². The molecule has 0 aliphatic carbocycles. The summed E-state index contributed by atoms with van der Waals surface area (Å²) in [7, 11) is -3.89. The first-order valence-corrected chi connectivity index (χ1v) is 6.17. The van der Waals surface area contributed by atoms with Crippen molar-refractivity contribution in [1.29, 1.82) is 0 Å². The largest absolute Gasteiger partial charge is 0.473 e. The molecule has 0 radical (unpaired) electrons. The number of hydrogen-bond acceptors (Lipinski definition) is 3. The third-order valence-corrected chi connectivity index (χ3v) is 3.50. The molecule has 1 aromatic rings. The van der Waals surface area contributed by atoms with Gasteiger partial charge in [-0.15, -0.1) is 0 Å². The fraction of sp³-hybridized carbons (Fsp3) is 0.400. The second kappa shape index (κ2) is 3.42. The molecule has 0 spiro atoms. The first-order valence-electron chi connectivity index (χ1n) is 4.68. The first-order chi connectivity index (χ1) is 6.91. The predicted molar refractivity (Wildman–Crippen MR) is 55.3 cm³/mol. The molecule has 5 heteroatoms. The van der Waals surface area contributed by atoms with Gasteiger partial charge >= 0.3 is 7.82 Å². The Hall–Kier alpha value is -0.670. The highest BCUT2D eigenvalue weighted by atomic mass is 31.2. The lowest BCUT2D eigenvalue weighted by Crippen LogP contribution is -2.25. The van der Waals surface area contributed by atoms with E-state index in [0.717, 1.165) is 5.56 Å². The zero-order valence-corrected chi connectivity index (χ0v) is 9.48. The van der Waals surface area contributed by atoms with Gasteiger partial charge in [-0.2, -0.15) is 0 Å². The van der Waals surface area contributed by atoms with Crippen molar-refractivity contribution in [2.24, 2.45) is 0 Å². The van der Waals surface area contributed by atoms with E-state index in [1.807, 2.05) is 30.3 Å². The Morgan fingerprint density at radius 3 is 2.40 bits per heavy atom. The maximum atomic E-state index is 11.3. The number of phosphoric ester groups is 1. The third kappa shape index (κ3) is 2.13. The van der Waals surface area contributed by atoms with Gasteiger partial charge < -0.3 is 4.89 Å². The molecule has 0 amide bonds. The van der Waals surface area contributed by atoms with Crippen molar-refractivity contribution in [1.82, 2.24) is 0 Å². The molecule has 1 aliphatic rings. The van der Waals surface area contributed by atoms with E-state index in [0.29, 0.717) is 0 Å². The quantitative estimate of drug-likeness (QED) is 0.751. The second-order valence-electron chi connectivity index (χ2n) is 4.06. The van der Waals surface area contributed by atoms with Gasteiger partial charge in [-0.1, -0.05) is 30.3 Å². The van der Waals surface area contributed by atoms with Gasteiger partial charge in [-0.3, -0.25) is 9.05 Å². The van der Waals surface area contributed by atoms with Crippen LogP contribution in [-0.4, -0.2) is 10.5 Å². The standard InChI is InChI=1S/C10H13O4P/c1-10(2)9(13-15(11,12)14-10)8-6-4-3-5-7-8/h3-7,9H,1-2H3,(H,11,12). The van der Waals surface area contributed by atoms with Crippen LogP contribution in [0.4, 0.5) is 0 Å². The van der Waals surface area contributed by atoms with Crippen molar-refractivity contribution in [2.75, 3.05) is 0 Å². The molecular weight excluding hydrogens is 215 g/mol. The maximum Gasteiger partial charge on any atom is 0.473 e. The fourth-order valence-corrected chi connectivity index (χ4v) is 3.09. The van der Waals surface area contributed by atoms with Crippen LogP contribution in [0.1, 0.15) is 25.5 Å². The summed E-state index contributed by atoms with van der Waals surface area (Å²) in [5, 5.41) is 0. The van der Waals surface area contributed by atoms with Gasteiger partial charge in [-0.25, -0.2) is 4.57 Å². The molecule has 1 aromatic carbocycles. The van der Waals surface area contributed by atoms with E-state index in [4.69, 9.17) is 9.05 Å². The lowest BCUT2D eigenvalue weighted by atomic mass is 9.95. The molecule has 1 saturated heterocycles. The fourth-order valence-electron chi connectivity index (χ4n) is 1.72. The Kier molecular flexibility index (Phi) is 2.47. The Morgan fingerprint density at radius 1 is 1.33 bits per heavy atom. The van der Waals surface area contributed by atoms with Crippen LogP contribution in [0.3, 0.4) is 0 Å². The Labute approximate surface area is 88.5 Å². The average molecular weight is 228 g/mol. The van der Waals surface area contributed by atoms with Gasteiger partial charge in [0.15, 0.2) is 0 Å². The summed E-state index contributed by atoms with van der Waals surface area (Å²) < 4.78 is 21.4. The van der Waals surface area contributed by atoms with Gasteiger partial charge in [-0.05, 0) is 19.4 Å². The van der Waals surface area contributed by atoms with Crippen LogP contribution in [0.2, 0.25) is 0 Å². The zero-order chi connectivity index (χ0) is 11.1. The molecule has 0 bridgehead atoms. The van der Waals surface area contributed by atoms with Gasteiger partial charge in [0.25, 0.3) is 0 Å². The highest BCUT2D eigenvalue weighted by Crippen LogP contribution is 2.61. The van der Waals surface area contributed by atoms with Crippen molar-refractivity contribution in [3.63, 3.8) is 0 Å². The van der Waals surface area contributed by atoms with Gasteiger partial charge in [0.1, 0.15) is 11.7 Å². The molecule has 2 unspecified atom stereocenters. The van der Waals surface area contributed by atoms with Crippen molar-refractivity contribution in [2.45, 2.75) is 25.6 Å². The van der Waals surface area contributed by atoms with Crippen molar-refractivity contribution < 1.29 is 18.5 Å². The number of phosphoric acid groups is 1. The molecule has 0 saturated carbocycles. The van der Waals surface area contributed by atoms with E-state index in [2.05, 4.69) is 0 Å². The summed E-state index contributed by atoms with van der Waals surface area (Å²) in [5.41, 5.74) is 0.0558. The molecule has 0 aromatic heterocycles. The molecule has 15 heavy (non-hydrogen) atoms. The smallest absolute Gasteiger partial charge is 0.302 e. The summed E-state index contributed by atoms with van der Waals surface area (Å²) >= 11 is 0. The van der Waals surface area contributed by atoms with Crippen molar-refractivity contribution in [3.05, 3.63) is 35.9 Å². The van der Waals surface area contributed by atoms with E-state index in [-0.39, 0.29) is 0 Å². The third-order valence-electron chi connectivity index (χ3n) is 2.32. The lowest BCUT2D eigenvalue weighted by molar-refractivity contribution is 0.0719. The Bertz CT molecular complexity index is 401. The summed E-state index contributed by atoms with van der Waals surface area (Å²) in [6.45, 7) is 3.47. The Morgan fingerprint density at radius 2 is 1.93 bits per heavy atom. The van der Waals surface area contributed by atoms with Gasteiger partial charge in [0.2, 0.25) is 0 Å².